The fourth-order valence-corrected chi connectivity index (χ4v) is 6.18. The van der Waals surface area contributed by atoms with Gasteiger partial charge in [0.15, 0.2) is 0 Å². The molecule has 268 valence electrons. The van der Waals surface area contributed by atoms with Crippen molar-refractivity contribution < 1.29 is 33.2 Å². The van der Waals surface area contributed by atoms with Gasteiger partial charge in [-0.2, -0.15) is 0 Å². The Morgan fingerprint density at radius 1 is 0.960 bits per heavy atom. The normalized spacial score (nSPS) is 21.8. The number of carbonyl (C=O) groups excluding carboxylic acids is 6. The molecular weight excluding hydrogens is 660 g/mol. The lowest BCUT2D eigenvalue weighted by Crippen LogP contribution is -2.59. The van der Waals surface area contributed by atoms with Gasteiger partial charge in [-0.3, -0.25) is 28.8 Å². The number of rotatable bonds is 8. The summed E-state index contributed by atoms with van der Waals surface area (Å²) in [6, 6.07) is 12.6. The Morgan fingerprint density at radius 2 is 1.72 bits per heavy atom. The van der Waals surface area contributed by atoms with Gasteiger partial charge in [-0.1, -0.05) is 50.2 Å². The van der Waals surface area contributed by atoms with Crippen LogP contribution >= 0.6 is 11.3 Å². The predicted octanol–water partition coefficient (Wildman–Crippen LogP) is 2.17. The summed E-state index contributed by atoms with van der Waals surface area (Å²) in [5.41, 5.74) is 0.802. The highest BCUT2D eigenvalue weighted by atomic mass is 32.1. The summed E-state index contributed by atoms with van der Waals surface area (Å²) in [7, 11) is 1.48. The van der Waals surface area contributed by atoms with E-state index >= 15 is 0 Å². The molecule has 1 fully saturated rings. The van der Waals surface area contributed by atoms with Crippen LogP contribution in [0.25, 0.3) is 10.6 Å². The second kappa shape index (κ2) is 18.1. The number of likely N-dealkylation sites (N-methyl/N-ethyl adjacent to an activating group) is 1. The Kier molecular flexibility index (Phi) is 13.7. The van der Waals surface area contributed by atoms with Crippen LogP contribution in [0.2, 0.25) is 0 Å². The molecule has 1 aliphatic heterocycles. The quantitative estimate of drug-likeness (QED) is 0.238. The minimum Gasteiger partial charge on any atom is -0.460 e. The third-order valence-electron chi connectivity index (χ3n) is 8.32. The monoisotopic (exact) mass is 706 g/mol. The minimum atomic E-state index is -1.06. The molecule has 1 saturated heterocycles. The SMILES string of the molecule is CC(C)[C@H]1NC(=O)[C@@H](NC(=O)CCc2ccc(-c3cccs3)o2)CCCNC(=O)CN(C)C(=O)[C@H](Cc2ccccc2)NC(=O)[C@@H](C)NC1=O. The molecule has 4 rings (SSSR count). The van der Waals surface area contributed by atoms with Crippen LogP contribution < -0.4 is 26.6 Å². The molecule has 0 spiro atoms. The zero-order valence-electron chi connectivity index (χ0n) is 28.8. The van der Waals surface area contributed by atoms with E-state index in [1.54, 1.807) is 25.2 Å². The average Bonchev–Trinajstić information content (AvgIpc) is 3.79. The highest BCUT2D eigenvalue weighted by Gasteiger charge is 2.32. The lowest BCUT2D eigenvalue weighted by molar-refractivity contribution is -0.139. The fourth-order valence-electron chi connectivity index (χ4n) is 5.49. The summed E-state index contributed by atoms with van der Waals surface area (Å²) < 4.78 is 5.88. The summed E-state index contributed by atoms with van der Waals surface area (Å²) in [6.07, 6.45) is 1.04. The number of hydrogen-bond donors (Lipinski definition) is 5. The molecule has 0 aliphatic carbocycles. The average molecular weight is 707 g/mol. The number of amides is 6. The van der Waals surface area contributed by atoms with Crippen LogP contribution in [0, 0.1) is 5.92 Å². The summed E-state index contributed by atoms with van der Waals surface area (Å²) >= 11 is 1.55. The van der Waals surface area contributed by atoms with E-state index in [0.29, 0.717) is 24.4 Å². The maximum absolute atomic E-state index is 13.6. The van der Waals surface area contributed by atoms with Crippen molar-refractivity contribution >= 4 is 46.8 Å². The molecule has 1 aromatic carbocycles. The van der Waals surface area contributed by atoms with Gasteiger partial charge in [0.25, 0.3) is 0 Å². The van der Waals surface area contributed by atoms with Crippen molar-refractivity contribution in [1.82, 2.24) is 31.5 Å². The van der Waals surface area contributed by atoms with Crippen molar-refractivity contribution in [3.05, 3.63) is 71.3 Å². The molecule has 2 aromatic heterocycles. The molecule has 0 radical (unpaired) electrons. The first-order valence-electron chi connectivity index (χ1n) is 16.8. The van der Waals surface area contributed by atoms with E-state index in [2.05, 4.69) is 26.6 Å². The van der Waals surface area contributed by atoms with Crippen molar-refractivity contribution in [2.24, 2.45) is 5.92 Å². The summed E-state index contributed by atoms with van der Waals surface area (Å²) in [6.45, 7) is 4.90. The van der Waals surface area contributed by atoms with Crippen LogP contribution in [0.1, 0.15) is 51.4 Å². The molecule has 1 aliphatic rings. The van der Waals surface area contributed by atoms with Crippen LogP contribution in [0.15, 0.2) is 64.4 Å². The van der Waals surface area contributed by atoms with E-state index in [9.17, 15) is 28.8 Å². The number of aryl methyl sites for hydroxylation is 1. The van der Waals surface area contributed by atoms with Gasteiger partial charge < -0.3 is 35.9 Å². The van der Waals surface area contributed by atoms with Gasteiger partial charge in [0.1, 0.15) is 35.7 Å². The molecule has 0 bridgehead atoms. The molecule has 4 atom stereocenters. The van der Waals surface area contributed by atoms with Gasteiger partial charge in [0.2, 0.25) is 35.4 Å². The maximum atomic E-state index is 13.6. The van der Waals surface area contributed by atoms with Crippen LogP contribution in [-0.2, 0) is 41.6 Å². The summed E-state index contributed by atoms with van der Waals surface area (Å²) in [5.74, 6) is -2.05. The first-order valence-corrected chi connectivity index (χ1v) is 17.7. The molecule has 3 heterocycles. The van der Waals surface area contributed by atoms with Crippen LogP contribution in [0.4, 0.5) is 0 Å². The number of furan rings is 1. The Balaban J connectivity index is 1.46. The number of nitrogens with one attached hydrogen (secondary N) is 5. The van der Waals surface area contributed by atoms with E-state index in [4.69, 9.17) is 4.42 Å². The van der Waals surface area contributed by atoms with E-state index in [-0.39, 0.29) is 44.2 Å². The van der Waals surface area contributed by atoms with Gasteiger partial charge in [-0.25, -0.2) is 0 Å². The first kappa shape index (κ1) is 37.8. The molecule has 5 N–H and O–H groups in total. The number of benzene rings is 1. The molecule has 14 heteroatoms. The molecular formula is C36H46N6O7S. The van der Waals surface area contributed by atoms with Gasteiger partial charge in [-0.15, -0.1) is 11.3 Å². The highest BCUT2D eigenvalue weighted by Crippen LogP contribution is 2.27. The first-order chi connectivity index (χ1) is 23.9. The smallest absolute Gasteiger partial charge is 0.245 e. The zero-order chi connectivity index (χ0) is 36.2. The Labute approximate surface area is 295 Å². The van der Waals surface area contributed by atoms with Gasteiger partial charge in [-0.05, 0) is 54.8 Å². The molecule has 0 unspecified atom stereocenters. The molecule has 0 saturated carbocycles. The van der Waals surface area contributed by atoms with E-state index in [0.717, 1.165) is 10.4 Å². The highest BCUT2D eigenvalue weighted by molar-refractivity contribution is 7.13. The number of thiophene rings is 1. The van der Waals surface area contributed by atoms with E-state index in [1.807, 2.05) is 60.0 Å². The lowest BCUT2D eigenvalue weighted by Gasteiger charge is -2.28. The van der Waals surface area contributed by atoms with Crippen LogP contribution in [0.5, 0.6) is 0 Å². The van der Waals surface area contributed by atoms with E-state index < -0.39 is 53.7 Å². The molecule has 3 aromatic rings. The number of carbonyl (C=O) groups is 6. The summed E-state index contributed by atoms with van der Waals surface area (Å²) in [5, 5.41) is 15.6. The van der Waals surface area contributed by atoms with Crippen LogP contribution in [0.3, 0.4) is 0 Å². The third kappa shape index (κ3) is 11.0. The predicted molar refractivity (Wildman–Crippen MR) is 189 cm³/mol. The molecule has 13 nitrogen and oxygen atoms in total. The van der Waals surface area contributed by atoms with Crippen molar-refractivity contribution in [3.8, 4) is 10.6 Å². The van der Waals surface area contributed by atoms with E-state index in [1.165, 1.54) is 18.9 Å². The van der Waals surface area contributed by atoms with Gasteiger partial charge in [0, 0.05) is 32.9 Å². The Bertz CT molecular complexity index is 1620. The molecule has 50 heavy (non-hydrogen) atoms. The van der Waals surface area contributed by atoms with Crippen molar-refractivity contribution in [3.63, 3.8) is 0 Å². The number of hydrogen-bond acceptors (Lipinski definition) is 8. The lowest BCUT2D eigenvalue weighted by atomic mass is 10.0. The Morgan fingerprint density at radius 3 is 2.42 bits per heavy atom. The fraction of sp³-hybridized carbons (Fsp3) is 0.444. The van der Waals surface area contributed by atoms with Gasteiger partial charge >= 0.3 is 0 Å². The number of nitrogens with zero attached hydrogens (tertiary/aromatic N) is 1. The minimum absolute atomic E-state index is 0.0598. The second-order valence-electron chi connectivity index (χ2n) is 12.8. The second-order valence-corrected chi connectivity index (χ2v) is 13.7. The van der Waals surface area contributed by atoms with Gasteiger partial charge in [0.05, 0.1) is 11.4 Å². The zero-order valence-corrected chi connectivity index (χ0v) is 29.6. The topological polar surface area (TPSA) is 179 Å². The largest absolute Gasteiger partial charge is 0.460 e. The third-order valence-corrected chi connectivity index (χ3v) is 9.21. The van der Waals surface area contributed by atoms with Crippen molar-refractivity contribution in [1.29, 1.82) is 0 Å². The summed E-state index contributed by atoms with van der Waals surface area (Å²) in [4.78, 5) is 81.8. The molecule has 6 amide bonds. The Hall–Kier alpha value is -4.98. The standard InChI is InChI=1S/C36H46N6O7S/c1-22(2)32-35(47)38-23(3)33(45)40-27(20-24-10-6-5-7-11-24)36(48)42(4)21-31(44)37-18-8-12-26(34(46)41-32)39-30(43)17-15-25-14-16-28(49-25)29-13-9-19-50-29/h5-7,9-11,13-14,16,19,22-23,26-27,32H,8,12,15,17-18,20-21H2,1-4H3,(H,37,44)(H,38,47)(H,39,43)(H,40,45)(H,41,46)/t23-,26+,27+,32-/m1/s1. The van der Waals surface area contributed by atoms with Crippen molar-refractivity contribution in [2.45, 2.75) is 77.0 Å². The van der Waals surface area contributed by atoms with Crippen molar-refractivity contribution in [2.75, 3.05) is 20.1 Å². The maximum Gasteiger partial charge on any atom is 0.245 e. The van der Waals surface area contributed by atoms with Crippen LogP contribution in [-0.4, -0.2) is 84.6 Å².